The highest BCUT2D eigenvalue weighted by atomic mass is 19.1. The van der Waals surface area contributed by atoms with Crippen molar-refractivity contribution in [3.63, 3.8) is 0 Å². The lowest BCUT2D eigenvalue weighted by Crippen LogP contribution is -1.96. The number of Topliss-reactive ketones (excluding diaryl/α,β-unsaturated/α-hetero) is 1. The van der Waals surface area contributed by atoms with Crippen LogP contribution in [0.4, 0.5) is 4.39 Å². The van der Waals surface area contributed by atoms with Gasteiger partial charge in [-0.15, -0.1) is 0 Å². The molecule has 98 valence electrons. The summed E-state index contributed by atoms with van der Waals surface area (Å²) in [4.78, 5) is 15.3. The average molecular weight is 259 g/mol. The van der Waals surface area contributed by atoms with E-state index in [9.17, 15) is 9.18 Å². The molecule has 1 heterocycles. The Morgan fingerprint density at radius 3 is 2.63 bits per heavy atom. The Bertz CT molecular complexity index is 638. The molecule has 0 fully saturated rings. The number of nitrogens with zero attached hydrogens (tertiary/aromatic N) is 1. The van der Waals surface area contributed by atoms with Crippen molar-refractivity contribution in [2.24, 2.45) is 0 Å². The predicted octanol–water partition coefficient (Wildman–Crippen LogP) is 3.41. The minimum atomic E-state index is -0.444. The molecule has 2 rings (SSSR count). The van der Waals surface area contributed by atoms with Crippen LogP contribution in [0.3, 0.4) is 0 Å². The summed E-state index contributed by atoms with van der Waals surface area (Å²) in [5.41, 5.74) is 2.48. The highest BCUT2D eigenvalue weighted by Crippen LogP contribution is 2.27. The van der Waals surface area contributed by atoms with Crippen LogP contribution in [0.15, 0.2) is 30.5 Å². The van der Waals surface area contributed by atoms with Crippen LogP contribution < -0.4 is 4.74 Å². The molecule has 0 N–H and O–H groups in total. The maximum absolute atomic E-state index is 13.9. The van der Waals surface area contributed by atoms with Crippen molar-refractivity contribution in [1.29, 1.82) is 0 Å². The number of carbonyl (C=O) groups excluding carboxylic acids is 1. The van der Waals surface area contributed by atoms with E-state index in [1.54, 1.807) is 12.1 Å². The summed E-state index contributed by atoms with van der Waals surface area (Å²) in [5.74, 6) is -0.158. The standard InChI is InChI=1S/C15H14FNO2/c1-9-4-11(10(2)18)6-12(5-9)13-7-15(19-3)17-8-14(13)16/h4-8H,1-3H3. The topological polar surface area (TPSA) is 39.2 Å². The minimum Gasteiger partial charge on any atom is -0.481 e. The highest BCUT2D eigenvalue weighted by molar-refractivity contribution is 5.95. The van der Waals surface area contributed by atoms with Crippen molar-refractivity contribution in [3.05, 3.63) is 47.4 Å². The number of rotatable bonds is 3. The number of hydrogen-bond donors (Lipinski definition) is 0. The number of pyridine rings is 1. The van der Waals surface area contributed by atoms with E-state index in [-0.39, 0.29) is 5.78 Å². The summed E-state index contributed by atoms with van der Waals surface area (Å²) in [6.45, 7) is 3.36. The third-order valence-electron chi connectivity index (χ3n) is 2.83. The SMILES string of the molecule is COc1cc(-c2cc(C)cc(C(C)=O)c2)c(F)cn1. The number of halogens is 1. The van der Waals surface area contributed by atoms with Gasteiger partial charge < -0.3 is 4.74 Å². The first-order valence-electron chi connectivity index (χ1n) is 5.84. The lowest BCUT2D eigenvalue weighted by atomic mass is 9.99. The highest BCUT2D eigenvalue weighted by Gasteiger charge is 2.10. The van der Waals surface area contributed by atoms with Gasteiger partial charge in [0.25, 0.3) is 0 Å². The van der Waals surface area contributed by atoms with E-state index in [1.807, 2.05) is 13.0 Å². The molecule has 0 atom stereocenters. The van der Waals surface area contributed by atoms with Crippen LogP contribution in [0.1, 0.15) is 22.8 Å². The van der Waals surface area contributed by atoms with Gasteiger partial charge in [0.05, 0.1) is 13.3 Å². The van der Waals surface area contributed by atoms with Gasteiger partial charge >= 0.3 is 0 Å². The zero-order valence-electron chi connectivity index (χ0n) is 11.0. The number of aromatic nitrogens is 1. The van der Waals surface area contributed by atoms with Crippen LogP contribution in [-0.2, 0) is 0 Å². The van der Waals surface area contributed by atoms with Crippen LogP contribution in [0.25, 0.3) is 11.1 Å². The van der Waals surface area contributed by atoms with Gasteiger partial charge in [0, 0.05) is 17.2 Å². The van der Waals surface area contributed by atoms with Gasteiger partial charge in [-0.25, -0.2) is 9.37 Å². The van der Waals surface area contributed by atoms with Crippen LogP contribution in [0, 0.1) is 12.7 Å². The Morgan fingerprint density at radius 1 is 1.26 bits per heavy atom. The van der Waals surface area contributed by atoms with Crippen LogP contribution in [0.5, 0.6) is 5.88 Å². The summed E-state index contributed by atoms with van der Waals surface area (Å²) in [6, 6.07) is 6.80. The van der Waals surface area contributed by atoms with Crippen molar-refractivity contribution in [3.8, 4) is 17.0 Å². The summed E-state index contributed by atoms with van der Waals surface area (Å²) < 4.78 is 18.8. The monoisotopic (exact) mass is 259 g/mol. The molecule has 0 saturated heterocycles. The zero-order valence-corrected chi connectivity index (χ0v) is 11.0. The molecule has 1 aromatic carbocycles. The summed E-state index contributed by atoms with van der Waals surface area (Å²) in [6.07, 6.45) is 1.12. The van der Waals surface area contributed by atoms with Crippen molar-refractivity contribution < 1.29 is 13.9 Å². The number of carbonyl (C=O) groups is 1. The molecule has 0 radical (unpaired) electrons. The summed E-state index contributed by atoms with van der Waals surface area (Å²) >= 11 is 0. The van der Waals surface area contributed by atoms with E-state index in [0.29, 0.717) is 22.6 Å². The van der Waals surface area contributed by atoms with Crippen molar-refractivity contribution in [1.82, 2.24) is 4.98 Å². The third-order valence-corrected chi connectivity index (χ3v) is 2.83. The molecule has 0 aliphatic rings. The first-order chi connectivity index (χ1) is 9.01. The lowest BCUT2D eigenvalue weighted by molar-refractivity contribution is 0.101. The molecule has 0 spiro atoms. The fourth-order valence-corrected chi connectivity index (χ4v) is 1.89. The second kappa shape index (κ2) is 5.18. The van der Waals surface area contributed by atoms with E-state index < -0.39 is 5.82 Å². The molecule has 0 amide bonds. The maximum Gasteiger partial charge on any atom is 0.213 e. The number of hydrogen-bond acceptors (Lipinski definition) is 3. The smallest absolute Gasteiger partial charge is 0.213 e. The van der Waals surface area contributed by atoms with Crippen LogP contribution in [-0.4, -0.2) is 17.9 Å². The van der Waals surface area contributed by atoms with Crippen molar-refractivity contribution in [2.75, 3.05) is 7.11 Å². The zero-order chi connectivity index (χ0) is 14.0. The molecular formula is C15H14FNO2. The van der Waals surface area contributed by atoms with E-state index in [4.69, 9.17) is 4.74 Å². The van der Waals surface area contributed by atoms with Gasteiger partial charge in [-0.1, -0.05) is 6.07 Å². The molecule has 3 nitrogen and oxygen atoms in total. The summed E-state index contributed by atoms with van der Waals surface area (Å²) in [7, 11) is 1.47. The number of ketones is 1. The predicted molar refractivity (Wildman–Crippen MR) is 70.9 cm³/mol. The number of ether oxygens (including phenoxy) is 1. The largest absolute Gasteiger partial charge is 0.481 e. The maximum atomic E-state index is 13.9. The lowest BCUT2D eigenvalue weighted by Gasteiger charge is -2.08. The van der Waals surface area contributed by atoms with Crippen LogP contribution >= 0.6 is 0 Å². The summed E-state index contributed by atoms with van der Waals surface area (Å²) in [5, 5.41) is 0. The number of aryl methyl sites for hydroxylation is 1. The molecule has 4 heteroatoms. The molecule has 0 aliphatic carbocycles. The van der Waals surface area contributed by atoms with Gasteiger partial charge in [-0.05, 0) is 37.1 Å². The quantitative estimate of drug-likeness (QED) is 0.793. The Balaban J connectivity index is 2.61. The van der Waals surface area contributed by atoms with Gasteiger partial charge in [-0.3, -0.25) is 4.79 Å². The van der Waals surface area contributed by atoms with E-state index in [0.717, 1.165) is 11.8 Å². The number of benzene rings is 1. The molecule has 19 heavy (non-hydrogen) atoms. The van der Waals surface area contributed by atoms with Gasteiger partial charge in [-0.2, -0.15) is 0 Å². The molecule has 2 aromatic rings. The van der Waals surface area contributed by atoms with Gasteiger partial charge in [0.2, 0.25) is 5.88 Å². The molecular weight excluding hydrogens is 245 g/mol. The van der Waals surface area contributed by atoms with Gasteiger partial charge in [0.15, 0.2) is 5.78 Å². The minimum absolute atomic E-state index is 0.0496. The molecule has 0 unspecified atom stereocenters. The van der Waals surface area contributed by atoms with Crippen LogP contribution in [0.2, 0.25) is 0 Å². The van der Waals surface area contributed by atoms with E-state index in [2.05, 4.69) is 4.98 Å². The Labute approximate surface area is 111 Å². The number of methoxy groups -OCH3 is 1. The second-order valence-electron chi connectivity index (χ2n) is 4.35. The molecule has 1 aromatic heterocycles. The van der Waals surface area contributed by atoms with Crippen molar-refractivity contribution in [2.45, 2.75) is 13.8 Å². The molecule has 0 bridgehead atoms. The van der Waals surface area contributed by atoms with E-state index >= 15 is 0 Å². The fraction of sp³-hybridized carbons (Fsp3) is 0.200. The first kappa shape index (κ1) is 13.2. The fourth-order valence-electron chi connectivity index (χ4n) is 1.89. The average Bonchev–Trinajstić information content (AvgIpc) is 2.38. The third kappa shape index (κ3) is 2.78. The Hall–Kier alpha value is -2.23. The first-order valence-corrected chi connectivity index (χ1v) is 5.84. The Kier molecular flexibility index (Phi) is 3.60. The van der Waals surface area contributed by atoms with Crippen molar-refractivity contribution >= 4 is 5.78 Å². The van der Waals surface area contributed by atoms with E-state index in [1.165, 1.54) is 20.1 Å². The van der Waals surface area contributed by atoms with Gasteiger partial charge in [0.1, 0.15) is 5.82 Å². The normalized spacial score (nSPS) is 10.3. The Morgan fingerprint density at radius 2 is 2.00 bits per heavy atom. The molecule has 0 aliphatic heterocycles. The second-order valence-corrected chi connectivity index (χ2v) is 4.35. The molecule has 0 saturated carbocycles.